The van der Waals surface area contributed by atoms with E-state index in [0.29, 0.717) is 24.4 Å². The van der Waals surface area contributed by atoms with Gasteiger partial charge in [0.05, 0.1) is 4.90 Å². The average Bonchev–Trinajstić information content (AvgIpc) is 2.33. The van der Waals surface area contributed by atoms with Crippen molar-refractivity contribution in [2.75, 3.05) is 6.54 Å². The van der Waals surface area contributed by atoms with Crippen molar-refractivity contribution in [1.82, 2.24) is 5.32 Å². The molecule has 0 atom stereocenters. The van der Waals surface area contributed by atoms with Crippen LogP contribution in [-0.4, -0.2) is 20.9 Å². The van der Waals surface area contributed by atoms with Gasteiger partial charge in [-0.25, -0.2) is 8.42 Å². The summed E-state index contributed by atoms with van der Waals surface area (Å²) in [7, 11) is 1.48. The van der Waals surface area contributed by atoms with Crippen molar-refractivity contribution < 1.29 is 13.2 Å². The first-order valence-corrected chi connectivity index (χ1v) is 8.42. The first-order chi connectivity index (χ1) is 8.75. The number of amides is 1. The number of carbonyl (C=O) groups excluding carboxylic acids is 1. The van der Waals surface area contributed by atoms with E-state index in [-0.39, 0.29) is 10.8 Å². The molecule has 0 radical (unpaired) electrons. The summed E-state index contributed by atoms with van der Waals surface area (Å²) in [5, 5.41) is 2.77. The Morgan fingerprint density at radius 1 is 1.37 bits per heavy atom. The number of nitrogens with one attached hydrogen (secondary N) is 1. The van der Waals surface area contributed by atoms with Gasteiger partial charge < -0.3 is 5.32 Å². The van der Waals surface area contributed by atoms with Crippen LogP contribution >= 0.6 is 10.7 Å². The number of carbonyl (C=O) groups is 1. The van der Waals surface area contributed by atoms with E-state index in [2.05, 4.69) is 5.32 Å². The Labute approximate surface area is 118 Å². The molecule has 0 aliphatic carbocycles. The Morgan fingerprint density at radius 2 is 2.00 bits per heavy atom. The lowest BCUT2D eigenvalue weighted by molar-refractivity contribution is 0.0948. The highest BCUT2D eigenvalue weighted by molar-refractivity contribution is 8.13. The van der Waals surface area contributed by atoms with E-state index in [0.717, 1.165) is 5.56 Å². The molecule has 1 N–H and O–H groups in total. The Kier molecular flexibility index (Phi) is 5.38. The highest BCUT2D eigenvalue weighted by Crippen LogP contribution is 2.20. The molecule has 0 aromatic heterocycles. The minimum atomic E-state index is -3.82. The molecule has 0 bridgehead atoms. The van der Waals surface area contributed by atoms with Crippen LogP contribution in [0.5, 0.6) is 0 Å². The van der Waals surface area contributed by atoms with Gasteiger partial charge in [0.1, 0.15) is 0 Å². The van der Waals surface area contributed by atoms with E-state index in [9.17, 15) is 13.2 Å². The van der Waals surface area contributed by atoms with Gasteiger partial charge in [0.25, 0.3) is 15.0 Å². The van der Waals surface area contributed by atoms with Gasteiger partial charge >= 0.3 is 0 Å². The molecule has 0 aliphatic rings. The molecule has 106 valence electrons. The minimum absolute atomic E-state index is 0.0546. The largest absolute Gasteiger partial charge is 0.352 e. The topological polar surface area (TPSA) is 63.2 Å². The van der Waals surface area contributed by atoms with E-state index in [4.69, 9.17) is 10.7 Å². The molecule has 4 nitrogen and oxygen atoms in total. The number of aryl methyl sites for hydroxylation is 1. The zero-order valence-electron chi connectivity index (χ0n) is 11.2. The fourth-order valence-electron chi connectivity index (χ4n) is 1.62. The molecule has 6 heteroatoms. The summed E-state index contributed by atoms with van der Waals surface area (Å²) in [6.07, 6.45) is 0.646. The Morgan fingerprint density at radius 3 is 2.47 bits per heavy atom. The predicted octanol–water partition coefficient (Wildman–Crippen LogP) is 2.56. The van der Waals surface area contributed by atoms with Crippen molar-refractivity contribution in [1.29, 1.82) is 0 Å². The summed E-state index contributed by atoms with van der Waals surface area (Å²) < 4.78 is 22.6. The lowest BCUT2D eigenvalue weighted by Crippen LogP contribution is -2.28. The highest BCUT2D eigenvalue weighted by Gasteiger charge is 2.16. The normalized spacial score (nSPS) is 11.6. The third-order valence-corrected chi connectivity index (χ3v) is 4.01. The van der Waals surface area contributed by atoms with Crippen LogP contribution in [-0.2, 0) is 15.5 Å². The Balaban J connectivity index is 3.13. The highest BCUT2D eigenvalue weighted by atomic mass is 35.7. The van der Waals surface area contributed by atoms with E-state index in [1.165, 1.54) is 12.1 Å². The number of rotatable bonds is 5. The van der Waals surface area contributed by atoms with Crippen molar-refractivity contribution in [2.45, 2.75) is 32.1 Å². The van der Waals surface area contributed by atoms with Gasteiger partial charge in [-0.3, -0.25) is 4.79 Å². The molecule has 0 saturated heterocycles. The number of halogens is 1. The summed E-state index contributed by atoms with van der Waals surface area (Å²) in [5.41, 5.74) is 1.16. The molecule has 1 rings (SSSR count). The molecule has 0 heterocycles. The van der Waals surface area contributed by atoms with Crippen LogP contribution in [0.4, 0.5) is 0 Å². The quantitative estimate of drug-likeness (QED) is 0.850. The first-order valence-electron chi connectivity index (χ1n) is 6.11. The maximum Gasteiger partial charge on any atom is 0.261 e. The summed E-state index contributed by atoms with van der Waals surface area (Å²) in [5.74, 6) is 0.0571. The lowest BCUT2D eigenvalue weighted by atomic mass is 10.0. The molecule has 0 spiro atoms. The predicted molar refractivity (Wildman–Crippen MR) is 76.0 cm³/mol. The SMILES string of the molecule is CCc1ccc(S(=O)(=O)Cl)cc1C(=O)NCC(C)C. The zero-order valence-corrected chi connectivity index (χ0v) is 12.8. The first kappa shape index (κ1) is 16.0. The summed E-state index contributed by atoms with van der Waals surface area (Å²) >= 11 is 0. The maximum absolute atomic E-state index is 12.1. The van der Waals surface area contributed by atoms with E-state index < -0.39 is 9.05 Å². The Bertz CT molecular complexity index is 567. The van der Waals surface area contributed by atoms with Crippen molar-refractivity contribution in [3.63, 3.8) is 0 Å². The van der Waals surface area contributed by atoms with Crippen LogP contribution < -0.4 is 5.32 Å². The second kappa shape index (κ2) is 6.39. The van der Waals surface area contributed by atoms with Crippen LogP contribution in [0.2, 0.25) is 0 Å². The molecule has 0 unspecified atom stereocenters. The molecular weight excluding hydrogens is 286 g/mol. The number of benzene rings is 1. The molecule has 0 saturated carbocycles. The zero-order chi connectivity index (χ0) is 14.6. The molecule has 19 heavy (non-hydrogen) atoms. The lowest BCUT2D eigenvalue weighted by Gasteiger charge is -2.11. The monoisotopic (exact) mass is 303 g/mol. The van der Waals surface area contributed by atoms with E-state index in [1.54, 1.807) is 6.07 Å². The number of hydrogen-bond acceptors (Lipinski definition) is 3. The van der Waals surface area contributed by atoms with Crippen molar-refractivity contribution in [3.8, 4) is 0 Å². The average molecular weight is 304 g/mol. The summed E-state index contributed by atoms with van der Waals surface area (Å²) in [4.78, 5) is 12.0. The molecule has 1 amide bonds. The fraction of sp³-hybridized carbons (Fsp3) is 0.462. The second-order valence-corrected chi connectivity index (χ2v) is 7.28. The van der Waals surface area contributed by atoms with Gasteiger partial charge in [0.2, 0.25) is 0 Å². The smallest absolute Gasteiger partial charge is 0.261 e. The molecule has 0 fully saturated rings. The summed E-state index contributed by atoms with van der Waals surface area (Å²) in [6, 6.07) is 4.37. The van der Waals surface area contributed by atoms with Crippen LogP contribution in [0.3, 0.4) is 0 Å². The van der Waals surface area contributed by atoms with Gasteiger partial charge in [-0.15, -0.1) is 0 Å². The van der Waals surface area contributed by atoms with Crippen LogP contribution in [0.25, 0.3) is 0 Å². The van der Waals surface area contributed by atoms with Gasteiger partial charge in [0, 0.05) is 22.8 Å². The third kappa shape index (κ3) is 4.51. The number of hydrogen-bond donors (Lipinski definition) is 1. The van der Waals surface area contributed by atoms with E-state index in [1.807, 2.05) is 20.8 Å². The van der Waals surface area contributed by atoms with Gasteiger partial charge in [-0.1, -0.05) is 26.8 Å². The fourth-order valence-corrected chi connectivity index (χ4v) is 2.40. The summed E-state index contributed by atoms with van der Waals surface area (Å²) in [6.45, 7) is 6.42. The standard InChI is InChI=1S/C13H18ClNO3S/c1-4-10-5-6-11(19(14,17)18)7-12(10)13(16)15-8-9(2)3/h5-7,9H,4,8H2,1-3H3,(H,15,16). The van der Waals surface area contributed by atoms with Crippen LogP contribution in [0.15, 0.2) is 23.1 Å². The van der Waals surface area contributed by atoms with Crippen molar-refractivity contribution >= 4 is 25.6 Å². The van der Waals surface area contributed by atoms with Crippen LogP contribution in [0.1, 0.15) is 36.7 Å². The van der Waals surface area contributed by atoms with Gasteiger partial charge in [-0.2, -0.15) is 0 Å². The van der Waals surface area contributed by atoms with Crippen molar-refractivity contribution in [3.05, 3.63) is 29.3 Å². The van der Waals surface area contributed by atoms with Gasteiger partial charge in [-0.05, 0) is 30.0 Å². The van der Waals surface area contributed by atoms with E-state index >= 15 is 0 Å². The minimum Gasteiger partial charge on any atom is -0.352 e. The van der Waals surface area contributed by atoms with Crippen molar-refractivity contribution in [2.24, 2.45) is 5.92 Å². The molecular formula is C13H18ClNO3S. The molecule has 0 aliphatic heterocycles. The van der Waals surface area contributed by atoms with Gasteiger partial charge in [0.15, 0.2) is 0 Å². The third-order valence-electron chi connectivity index (χ3n) is 2.66. The molecule has 1 aromatic carbocycles. The maximum atomic E-state index is 12.1. The van der Waals surface area contributed by atoms with Crippen LogP contribution in [0, 0.1) is 5.92 Å². The Hall–Kier alpha value is -1.07. The second-order valence-electron chi connectivity index (χ2n) is 4.71. The molecule has 1 aromatic rings.